The average Bonchev–Trinajstić information content (AvgIpc) is 0.761. The Morgan fingerprint density at radius 1 is 0.186 bits per heavy atom. The smallest absolute Gasteiger partial charge is 0.303 e. The zero-order valence-corrected chi connectivity index (χ0v) is 56.9. The molecule has 0 saturated carbocycles. The molecular weight excluding hydrogens is 1390 g/mol. The molecule has 0 aromatic heterocycles. The molecule has 102 heavy (non-hydrogen) atoms. The summed E-state index contributed by atoms with van der Waals surface area (Å²) in [6.07, 6.45) is -63.5. The zero-order chi connectivity index (χ0) is 75.5. The molecule has 42 heteroatoms. The summed E-state index contributed by atoms with van der Waals surface area (Å²) in [5.41, 5.74) is 0. The molecule has 0 aromatic carbocycles. The standard InChI is InChI=1S/C60H84O42/c1-19(67)79-43-37-31(13-61)91-55(49(43)85-25(7)73)98-38-32(14-62)93-57(51(87-27(9)75)44(38)80-20(2)68)100-40-34(16-64)95-59(53(89-29(11)77)46(40)82-22(4)70)102-42-36(18-66)96-60(54(90-30(12)78)48(42)84-24(6)72)101-41-35(17-65)94-58(52(88-28(10)76)47(41)83-23(5)71)99-39-33(15-63)92-56(97-37)50(86-26(8)74)45(39)81-21(3)69/h31-66H,13-18H2,1-12H3. The average molecular weight is 1480 g/mol. The Labute approximate surface area is 579 Å². The first-order valence-corrected chi connectivity index (χ1v) is 31.7. The Hall–Kier alpha value is -7.08. The van der Waals surface area contributed by atoms with Crippen molar-refractivity contribution in [3.8, 4) is 0 Å². The SMILES string of the molecule is CC(=O)OC1C2OC(CO)C(OC3OC(CO)C(OC4OC(CO)C(OC5OC(CO)C(OC6OC(CO)C(OC7OC(CO)C(O2)C(OC(C)=O)C7OC(C)=O)C(OC(C)=O)C6OC(C)=O)C(OC(C)=O)C5OC(C)=O)C(OC(C)=O)C4OC(C)=O)C(OC(C)=O)C3OC(C)=O)C1OC(C)=O. The first kappa shape index (κ1) is 82.2. The topological polar surface area (TPSA) is 548 Å². The number of aliphatic hydroxyl groups excluding tert-OH is 6. The molecule has 22 aliphatic rings. The summed E-state index contributed by atoms with van der Waals surface area (Å²) in [4.78, 5) is 160. The van der Waals surface area contributed by atoms with Crippen LogP contribution in [0.3, 0.4) is 0 Å². The predicted octanol–water partition coefficient (Wildman–Crippen LogP) is -6.21. The van der Waals surface area contributed by atoms with Gasteiger partial charge in [-0.05, 0) is 0 Å². The highest BCUT2D eigenvalue weighted by molar-refractivity contribution is 5.71. The molecule has 42 nitrogen and oxygen atoms in total. The van der Waals surface area contributed by atoms with Crippen molar-refractivity contribution in [2.45, 2.75) is 267 Å². The largest absolute Gasteiger partial charge is 0.455 e. The lowest BCUT2D eigenvalue weighted by Crippen LogP contribution is -2.71. The fourth-order valence-electron chi connectivity index (χ4n) is 12.6. The van der Waals surface area contributed by atoms with Gasteiger partial charge in [0.15, 0.2) is 111 Å². The minimum absolute atomic E-state index is 0.859. The van der Waals surface area contributed by atoms with Gasteiger partial charge in [0.25, 0.3) is 0 Å². The van der Waals surface area contributed by atoms with Crippen LogP contribution in [0.15, 0.2) is 0 Å². The second-order valence-electron chi connectivity index (χ2n) is 23.8. The van der Waals surface area contributed by atoms with Gasteiger partial charge in [0.1, 0.15) is 73.2 Å². The quantitative estimate of drug-likeness (QED) is 0.0549. The number of carbonyl (C=O) groups excluding carboxylic acids is 12. The summed E-state index contributed by atoms with van der Waals surface area (Å²) in [5, 5.41) is 67.5. The number of rotatable bonds is 18. The second kappa shape index (κ2) is 36.6. The molecule has 22 aliphatic heterocycles. The maximum Gasteiger partial charge on any atom is 0.303 e. The van der Waals surface area contributed by atoms with E-state index in [-0.39, 0.29) is 0 Å². The molecule has 30 atom stereocenters. The van der Waals surface area contributed by atoms with E-state index in [4.69, 9.17) is 114 Å². The molecule has 0 spiro atoms. The van der Waals surface area contributed by atoms with Crippen LogP contribution in [0.2, 0.25) is 0 Å². The van der Waals surface area contributed by atoms with Gasteiger partial charge in [0, 0.05) is 83.1 Å². The summed E-state index contributed by atoms with van der Waals surface area (Å²) in [5.74, 6) is -14.2. The van der Waals surface area contributed by atoms with Gasteiger partial charge in [0.05, 0.1) is 39.6 Å². The summed E-state index contributed by atoms with van der Waals surface area (Å²) < 4.78 is 145. The molecule has 0 amide bonds. The molecule has 12 bridgehead atoms. The molecule has 22 saturated heterocycles. The molecule has 22 rings (SSSR count). The number of hydrogen-bond acceptors (Lipinski definition) is 42. The fraction of sp³-hybridized carbons (Fsp3) is 0.800. The van der Waals surface area contributed by atoms with E-state index >= 15 is 0 Å². The van der Waals surface area contributed by atoms with Crippen molar-refractivity contribution >= 4 is 71.6 Å². The van der Waals surface area contributed by atoms with Gasteiger partial charge in [-0.2, -0.15) is 0 Å². The number of hydrogen-bond donors (Lipinski definition) is 6. The summed E-state index contributed by atoms with van der Waals surface area (Å²) in [7, 11) is 0. The summed E-state index contributed by atoms with van der Waals surface area (Å²) in [6.45, 7) is 3.06. The monoisotopic (exact) mass is 1480 g/mol. The maximum atomic E-state index is 13.3. The normalized spacial score (nSPS) is 39.1. The van der Waals surface area contributed by atoms with Gasteiger partial charge in [0.2, 0.25) is 0 Å². The Balaban J connectivity index is 1.51. The second-order valence-corrected chi connectivity index (χ2v) is 23.8. The third-order valence-electron chi connectivity index (χ3n) is 16.0. The summed E-state index contributed by atoms with van der Waals surface area (Å²) in [6, 6.07) is 0. The number of ether oxygens (including phenoxy) is 24. The van der Waals surface area contributed by atoms with Crippen LogP contribution in [0.25, 0.3) is 0 Å². The van der Waals surface area contributed by atoms with Crippen molar-refractivity contribution in [2.24, 2.45) is 0 Å². The number of carbonyl (C=O) groups is 12. The Kier molecular flexibility index (Phi) is 29.5. The number of esters is 12. The predicted molar refractivity (Wildman–Crippen MR) is 310 cm³/mol. The van der Waals surface area contributed by atoms with E-state index in [0.717, 1.165) is 83.1 Å². The maximum absolute atomic E-state index is 13.3. The molecule has 0 aliphatic carbocycles. The first-order chi connectivity index (χ1) is 48.1. The third kappa shape index (κ3) is 20.2. The minimum atomic E-state index is -2.25. The molecule has 22 heterocycles. The van der Waals surface area contributed by atoms with Gasteiger partial charge in [-0.15, -0.1) is 0 Å². The van der Waals surface area contributed by atoms with Crippen molar-refractivity contribution in [1.82, 2.24) is 0 Å². The lowest BCUT2D eigenvalue weighted by atomic mass is 9.94. The molecule has 0 aromatic rings. The lowest BCUT2D eigenvalue weighted by molar-refractivity contribution is -0.404. The molecule has 576 valence electrons. The van der Waals surface area contributed by atoms with Gasteiger partial charge < -0.3 is 144 Å². The van der Waals surface area contributed by atoms with E-state index in [1.807, 2.05) is 0 Å². The van der Waals surface area contributed by atoms with Crippen LogP contribution in [0, 0.1) is 0 Å². The van der Waals surface area contributed by atoms with E-state index in [0.29, 0.717) is 0 Å². The van der Waals surface area contributed by atoms with Crippen LogP contribution < -0.4 is 0 Å². The van der Waals surface area contributed by atoms with Crippen LogP contribution in [-0.2, 0) is 171 Å². The highest BCUT2D eigenvalue weighted by Gasteiger charge is 2.64. The van der Waals surface area contributed by atoms with Crippen LogP contribution in [0.5, 0.6) is 0 Å². The van der Waals surface area contributed by atoms with Crippen molar-refractivity contribution in [2.75, 3.05) is 39.6 Å². The number of aliphatic hydroxyl groups is 6. The van der Waals surface area contributed by atoms with Crippen molar-refractivity contribution in [1.29, 1.82) is 0 Å². The zero-order valence-electron chi connectivity index (χ0n) is 56.9. The highest BCUT2D eigenvalue weighted by atomic mass is 16.8. The molecule has 22 fully saturated rings. The Morgan fingerprint density at radius 3 is 0.373 bits per heavy atom. The first-order valence-electron chi connectivity index (χ1n) is 31.7. The van der Waals surface area contributed by atoms with Crippen molar-refractivity contribution < 1.29 is 202 Å². The van der Waals surface area contributed by atoms with E-state index in [2.05, 4.69) is 0 Å². The Morgan fingerprint density at radius 2 is 0.284 bits per heavy atom. The van der Waals surface area contributed by atoms with Crippen LogP contribution in [0.1, 0.15) is 83.1 Å². The van der Waals surface area contributed by atoms with Crippen molar-refractivity contribution in [3.63, 3.8) is 0 Å². The van der Waals surface area contributed by atoms with Gasteiger partial charge in [-0.3, -0.25) is 57.5 Å². The van der Waals surface area contributed by atoms with Gasteiger partial charge in [-0.1, -0.05) is 0 Å². The van der Waals surface area contributed by atoms with Gasteiger partial charge in [-0.25, -0.2) is 0 Å². The minimum Gasteiger partial charge on any atom is -0.455 e. The highest BCUT2D eigenvalue weighted by Crippen LogP contribution is 2.43. The molecule has 30 unspecified atom stereocenters. The van der Waals surface area contributed by atoms with Crippen LogP contribution in [-0.4, -0.2) is 326 Å². The lowest BCUT2D eigenvalue weighted by Gasteiger charge is -2.52. The fourth-order valence-corrected chi connectivity index (χ4v) is 12.6. The third-order valence-corrected chi connectivity index (χ3v) is 16.0. The van der Waals surface area contributed by atoms with Gasteiger partial charge >= 0.3 is 71.6 Å². The molecule has 6 N–H and O–H groups in total. The van der Waals surface area contributed by atoms with E-state index in [1.165, 1.54) is 0 Å². The van der Waals surface area contributed by atoms with Crippen molar-refractivity contribution in [3.05, 3.63) is 0 Å². The summed E-state index contributed by atoms with van der Waals surface area (Å²) >= 11 is 0. The molecular formula is C60H84O42. The van der Waals surface area contributed by atoms with E-state index in [1.54, 1.807) is 0 Å². The Bertz CT molecular complexity index is 2470. The van der Waals surface area contributed by atoms with Crippen LogP contribution >= 0.6 is 0 Å². The van der Waals surface area contributed by atoms with E-state index in [9.17, 15) is 88.2 Å². The molecule has 0 radical (unpaired) electrons. The van der Waals surface area contributed by atoms with Crippen LogP contribution in [0.4, 0.5) is 0 Å². The van der Waals surface area contributed by atoms with E-state index < -0.39 is 296 Å².